The first-order valence-corrected chi connectivity index (χ1v) is 21.3. The molecular formula is C43H41BN4O10Se2. The summed E-state index contributed by atoms with van der Waals surface area (Å²) in [6.45, 7) is 22.3. The van der Waals surface area contributed by atoms with Crippen molar-refractivity contribution >= 4 is 64.9 Å². The molecule has 3 N–H and O–H groups in total. The second-order valence-corrected chi connectivity index (χ2v) is 16.6. The zero-order valence-corrected chi connectivity index (χ0v) is 37.4. The molecule has 0 amide bonds. The third kappa shape index (κ3) is 11.3. The number of carbonyl (C=O) groups is 2. The van der Waals surface area contributed by atoms with E-state index in [0.717, 1.165) is 42.6 Å². The number of nitrogens with zero attached hydrogens (tertiary/aromatic N) is 4. The zero-order chi connectivity index (χ0) is 44.1. The zero-order valence-electron chi connectivity index (χ0n) is 34.0. The summed E-state index contributed by atoms with van der Waals surface area (Å²) < 4.78 is 28.2. The first-order valence-electron chi connectivity index (χ1n) is 17.9. The molecule has 308 valence electrons. The second-order valence-electron chi connectivity index (χ2n) is 12.4. The minimum atomic E-state index is -1.49. The Bertz CT molecular complexity index is 2580. The van der Waals surface area contributed by atoms with E-state index in [1.54, 1.807) is 52.3 Å². The molecular weight excluding hydrogens is 901 g/mol. The Morgan fingerprint density at radius 2 is 1.17 bits per heavy atom. The topological polar surface area (TPSA) is 175 Å². The van der Waals surface area contributed by atoms with E-state index in [1.165, 1.54) is 20.3 Å². The van der Waals surface area contributed by atoms with Crippen molar-refractivity contribution in [3.8, 4) is 54.4 Å². The fourth-order valence-corrected chi connectivity index (χ4v) is 9.40. The maximum absolute atomic E-state index is 11.8. The van der Waals surface area contributed by atoms with Crippen LogP contribution in [0.4, 0.5) is 11.4 Å². The molecule has 0 bridgehead atoms. The number of aryl methyl sites for hydroxylation is 3. The van der Waals surface area contributed by atoms with Gasteiger partial charge in [0.1, 0.15) is 0 Å². The van der Waals surface area contributed by atoms with Gasteiger partial charge in [-0.3, -0.25) is 0 Å². The average molecular weight is 943 g/mol. The molecule has 6 rings (SSSR count). The summed E-state index contributed by atoms with van der Waals surface area (Å²) in [6.07, 6.45) is 0. The summed E-state index contributed by atoms with van der Waals surface area (Å²) in [5.41, 5.74) is 6.98. The van der Waals surface area contributed by atoms with Crippen LogP contribution >= 0.6 is 0 Å². The van der Waals surface area contributed by atoms with Crippen LogP contribution in [0.2, 0.25) is 0 Å². The number of methoxy groups -OCH3 is 4. The summed E-state index contributed by atoms with van der Waals surface area (Å²) in [7, 11) is 4.66. The van der Waals surface area contributed by atoms with Crippen molar-refractivity contribution in [1.82, 2.24) is 9.97 Å². The van der Waals surface area contributed by atoms with Crippen LogP contribution in [0.1, 0.15) is 42.3 Å². The SMILES string of the molecule is COc1ccc(B(O)O)cc1OC.[C-]#[N+]c1cc(-c2nc(C)c(C(=O)O)[se]2)ccc1-c1ccc(OC)c(OC)c1.[C-]#[N+]c1cc(-c2nc(C)c(C(=O)OCC)[se]2)ccc1C. The third-order valence-corrected chi connectivity index (χ3v) is 13.6. The third-order valence-electron chi connectivity index (χ3n) is 8.59. The van der Waals surface area contributed by atoms with Gasteiger partial charge in [0.15, 0.2) is 11.5 Å². The number of esters is 1. The Hall–Kier alpha value is -6.16. The summed E-state index contributed by atoms with van der Waals surface area (Å²) >= 11 is -0.537. The van der Waals surface area contributed by atoms with Crippen LogP contribution in [0.15, 0.2) is 72.8 Å². The van der Waals surface area contributed by atoms with Gasteiger partial charge in [-0.25, -0.2) is 0 Å². The second kappa shape index (κ2) is 21.7. The molecule has 0 aliphatic heterocycles. The van der Waals surface area contributed by atoms with Crippen molar-refractivity contribution in [2.45, 2.75) is 27.7 Å². The molecule has 6 aromatic rings. The molecule has 2 heterocycles. The number of carboxylic acids is 1. The molecule has 4 aromatic carbocycles. The molecule has 60 heavy (non-hydrogen) atoms. The monoisotopic (exact) mass is 944 g/mol. The number of carboxylic acid groups (broad SMARTS) is 1. The Labute approximate surface area is 360 Å². The standard InChI is InChI=1S/C20H16N2O4Se.C15H14N2O2Se.C8H11BO4/c1-11-18(20(23)24)27-19(22-11)13-5-7-14(15(9-13)21-2)12-6-8-16(25-3)17(10-12)26-4;1-5-19-15(18)13-10(3)17-14(20-13)11-7-6-9(2)12(8-11)16-4;1-12-7-4-3-6(9(10)11)5-8(7)13-2/h5-10H,1,3-4H3,(H,23,24);6-8H,5H2,1-3H3;3-5,10-11H,1-2H3. The molecule has 14 nitrogen and oxygen atoms in total. The van der Waals surface area contributed by atoms with Crippen molar-refractivity contribution in [3.05, 3.63) is 121 Å². The van der Waals surface area contributed by atoms with Gasteiger partial charge in [0.2, 0.25) is 0 Å². The summed E-state index contributed by atoms with van der Waals surface area (Å²) in [4.78, 5) is 39.1. The van der Waals surface area contributed by atoms with E-state index in [9.17, 15) is 14.7 Å². The molecule has 0 fully saturated rings. The molecule has 0 spiro atoms. The van der Waals surface area contributed by atoms with Crippen molar-refractivity contribution in [2.24, 2.45) is 0 Å². The van der Waals surface area contributed by atoms with Gasteiger partial charge in [0.25, 0.3) is 0 Å². The molecule has 0 radical (unpaired) electrons. The van der Waals surface area contributed by atoms with Crippen LogP contribution < -0.4 is 24.4 Å². The maximum atomic E-state index is 11.8. The molecule has 0 saturated heterocycles. The van der Waals surface area contributed by atoms with Crippen LogP contribution in [0.5, 0.6) is 23.0 Å². The van der Waals surface area contributed by atoms with Gasteiger partial charge >= 0.3 is 293 Å². The van der Waals surface area contributed by atoms with Gasteiger partial charge in [-0.15, -0.1) is 0 Å². The number of aromatic nitrogens is 2. The van der Waals surface area contributed by atoms with Crippen molar-refractivity contribution in [3.63, 3.8) is 0 Å². The predicted octanol–water partition coefficient (Wildman–Crippen LogP) is 6.58. The van der Waals surface area contributed by atoms with Gasteiger partial charge in [-0.2, -0.15) is 0 Å². The number of rotatable bonds is 11. The molecule has 0 unspecified atom stereocenters. The molecule has 0 saturated carbocycles. The number of carbonyl (C=O) groups excluding carboxylic acids is 1. The number of hydrogen-bond donors (Lipinski definition) is 3. The molecule has 2 aromatic heterocycles. The van der Waals surface area contributed by atoms with E-state index in [4.69, 9.17) is 46.9 Å². The summed E-state index contributed by atoms with van der Waals surface area (Å²) in [6, 6.07) is 21.4. The van der Waals surface area contributed by atoms with Crippen LogP contribution in [0.3, 0.4) is 0 Å². The van der Waals surface area contributed by atoms with Gasteiger partial charge in [0.05, 0.1) is 14.2 Å². The van der Waals surface area contributed by atoms with Crippen molar-refractivity contribution in [2.75, 3.05) is 35.0 Å². The van der Waals surface area contributed by atoms with Gasteiger partial charge < -0.3 is 19.5 Å². The van der Waals surface area contributed by atoms with E-state index in [2.05, 4.69) is 19.7 Å². The summed E-state index contributed by atoms with van der Waals surface area (Å²) in [5.74, 6) is 1.04. The van der Waals surface area contributed by atoms with E-state index < -0.39 is 13.1 Å². The molecule has 0 aliphatic rings. The van der Waals surface area contributed by atoms with Crippen molar-refractivity contribution < 1.29 is 48.4 Å². The number of benzene rings is 4. The molecule has 17 heteroatoms. The van der Waals surface area contributed by atoms with Crippen molar-refractivity contribution in [1.29, 1.82) is 0 Å². The van der Waals surface area contributed by atoms with Crippen LogP contribution in [0, 0.1) is 33.9 Å². The minimum absolute atomic E-state index is 0.162. The van der Waals surface area contributed by atoms with E-state index in [1.807, 2.05) is 56.3 Å². The summed E-state index contributed by atoms with van der Waals surface area (Å²) in [5, 5.41) is 27.0. The first kappa shape index (κ1) is 46.5. The first-order chi connectivity index (χ1) is 28.7. The number of aromatic carboxylic acids is 1. The molecule has 0 atom stereocenters. The van der Waals surface area contributed by atoms with Gasteiger partial charge in [-0.1, -0.05) is 6.07 Å². The fraction of sp³-hybridized carbons (Fsp3) is 0.209. The Morgan fingerprint density at radius 3 is 1.68 bits per heavy atom. The Morgan fingerprint density at radius 1 is 0.667 bits per heavy atom. The van der Waals surface area contributed by atoms with Gasteiger partial charge in [-0.05, 0) is 17.6 Å². The number of hydrogen-bond acceptors (Lipinski definition) is 11. The van der Waals surface area contributed by atoms with Gasteiger partial charge in [0, 0.05) is 0 Å². The normalized spacial score (nSPS) is 10.1. The van der Waals surface area contributed by atoms with Crippen LogP contribution in [-0.4, -0.2) is 108 Å². The predicted molar refractivity (Wildman–Crippen MR) is 231 cm³/mol. The Balaban J connectivity index is 0.000000212. The van der Waals surface area contributed by atoms with Crippen LogP contribution in [-0.2, 0) is 4.74 Å². The molecule has 0 aliphatic carbocycles. The number of ether oxygens (including phenoxy) is 5. The van der Waals surface area contributed by atoms with Crippen LogP contribution in [0.25, 0.3) is 41.1 Å². The van der Waals surface area contributed by atoms with E-state index in [-0.39, 0.29) is 35.0 Å². The quantitative estimate of drug-likeness (QED) is 0.0725. The Kier molecular flexibility index (Phi) is 16.9. The fourth-order valence-electron chi connectivity index (χ4n) is 5.51. The van der Waals surface area contributed by atoms with E-state index in [0.29, 0.717) is 61.0 Å². The van der Waals surface area contributed by atoms with E-state index >= 15 is 0 Å². The average Bonchev–Trinajstić information content (AvgIpc) is 3.86.